The summed E-state index contributed by atoms with van der Waals surface area (Å²) in [6.45, 7) is 7.76. The summed E-state index contributed by atoms with van der Waals surface area (Å²) in [7, 11) is 1.64. The number of ether oxygens (including phenoxy) is 3. The van der Waals surface area contributed by atoms with Crippen LogP contribution in [0.2, 0.25) is 0 Å². The van der Waals surface area contributed by atoms with Crippen molar-refractivity contribution in [2.45, 2.75) is 77.9 Å². The molecule has 0 spiro atoms. The highest BCUT2D eigenvalue weighted by Crippen LogP contribution is 2.31. The summed E-state index contributed by atoms with van der Waals surface area (Å²) < 4.78 is 23.6. The Balaban J connectivity index is 1.27. The number of aryl methyl sites for hydroxylation is 2. The van der Waals surface area contributed by atoms with Crippen molar-refractivity contribution in [3.63, 3.8) is 0 Å². The minimum absolute atomic E-state index is 0.0612. The van der Waals surface area contributed by atoms with E-state index in [1.54, 1.807) is 49.6 Å². The predicted octanol–water partition coefficient (Wildman–Crippen LogP) is 6.68. The fourth-order valence-electron chi connectivity index (χ4n) is 5.30. The van der Waals surface area contributed by atoms with E-state index in [9.17, 15) is 14.4 Å². The quantitative estimate of drug-likeness (QED) is 0.196. The molecule has 2 amide bonds. The van der Waals surface area contributed by atoms with Crippen molar-refractivity contribution in [3.8, 4) is 17.2 Å². The monoisotopic (exact) mass is 615 g/mol. The van der Waals surface area contributed by atoms with E-state index in [2.05, 4.69) is 10.3 Å². The van der Waals surface area contributed by atoms with E-state index in [4.69, 9.17) is 18.6 Å². The van der Waals surface area contributed by atoms with Crippen molar-refractivity contribution in [1.82, 2.24) is 15.2 Å². The van der Waals surface area contributed by atoms with Gasteiger partial charge in [0.1, 0.15) is 29.3 Å². The van der Waals surface area contributed by atoms with Gasteiger partial charge < -0.3 is 28.8 Å². The molecule has 1 fully saturated rings. The third kappa shape index (κ3) is 8.32. The van der Waals surface area contributed by atoms with Crippen LogP contribution in [0.1, 0.15) is 64.1 Å². The van der Waals surface area contributed by atoms with Crippen LogP contribution in [0, 0.1) is 6.92 Å². The highest BCUT2D eigenvalue weighted by Gasteiger charge is 2.20. The smallest absolute Gasteiger partial charge is 0.410 e. The number of carbonyl (C=O) groups is 2. The Labute approximate surface area is 262 Å². The first-order chi connectivity index (χ1) is 21.4. The summed E-state index contributed by atoms with van der Waals surface area (Å²) >= 11 is 0. The Morgan fingerprint density at radius 3 is 2.51 bits per heavy atom. The fourth-order valence-corrected chi connectivity index (χ4v) is 5.30. The van der Waals surface area contributed by atoms with Crippen LogP contribution in [0.15, 0.2) is 57.9 Å². The van der Waals surface area contributed by atoms with Crippen LogP contribution < -0.4 is 20.2 Å². The number of hydrogen-bond donors (Lipinski definition) is 1. The van der Waals surface area contributed by atoms with Crippen molar-refractivity contribution in [1.29, 1.82) is 0 Å². The molecule has 238 valence electrons. The van der Waals surface area contributed by atoms with Gasteiger partial charge in [-0.3, -0.25) is 14.6 Å². The lowest BCUT2D eigenvalue weighted by atomic mass is 10.1. The molecule has 1 aliphatic rings. The van der Waals surface area contributed by atoms with Crippen molar-refractivity contribution in [2.24, 2.45) is 0 Å². The van der Waals surface area contributed by atoms with E-state index in [-0.39, 0.29) is 24.5 Å². The molecule has 5 rings (SSSR count). The number of benzene rings is 2. The SMILES string of the molecule is Cc1cc(OCCN(C)C(=O)OC(C)(C)C)c2oc3cc(Oc4ccc(CCC(=O)NC5CCCC5)nc4)ccc3c(=O)c2c1. The van der Waals surface area contributed by atoms with E-state index in [0.29, 0.717) is 58.1 Å². The van der Waals surface area contributed by atoms with E-state index in [1.807, 2.05) is 33.8 Å². The van der Waals surface area contributed by atoms with Crippen molar-refractivity contribution in [3.05, 3.63) is 70.1 Å². The average Bonchev–Trinajstić information content (AvgIpc) is 3.49. The highest BCUT2D eigenvalue weighted by atomic mass is 16.6. The van der Waals surface area contributed by atoms with Crippen molar-refractivity contribution >= 4 is 33.9 Å². The van der Waals surface area contributed by atoms with Crippen molar-refractivity contribution in [2.75, 3.05) is 20.2 Å². The average molecular weight is 616 g/mol. The number of nitrogens with zero attached hydrogens (tertiary/aromatic N) is 2. The molecule has 2 aromatic carbocycles. The summed E-state index contributed by atoms with van der Waals surface area (Å²) in [4.78, 5) is 43.9. The molecule has 4 aromatic rings. The zero-order valence-electron chi connectivity index (χ0n) is 26.6. The minimum atomic E-state index is -0.598. The van der Waals surface area contributed by atoms with Gasteiger partial charge >= 0.3 is 6.09 Å². The lowest BCUT2D eigenvalue weighted by molar-refractivity contribution is -0.121. The molecular weight excluding hydrogens is 574 g/mol. The van der Waals surface area contributed by atoms with Crippen LogP contribution in [-0.2, 0) is 16.0 Å². The van der Waals surface area contributed by atoms with Crippen LogP contribution in [0.25, 0.3) is 21.9 Å². The molecule has 1 aliphatic carbocycles. The second kappa shape index (κ2) is 13.6. The van der Waals surface area contributed by atoms with Gasteiger partial charge in [0.15, 0.2) is 11.3 Å². The summed E-state index contributed by atoms with van der Waals surface area (Å²) in [5.41, 5.74) is 1.54. The Bertz CT molecular complexity index is 1740. The molecule has 1 saturated carbocycles. The lowest BCUT2D eigenvalue weighted by Gasteiger charge is -2.24. The third-order valence-electron chi connectivity index (χ3n) is 7.60. The molecule has 0 bridgehead atoms. The number of amides is 2. The van der Waals surface area contributed by atoms with Crippen molar-refractivity contribution < 1.29 is 28.2 Å². The molecule has 10 nitrogen and oxygen atoms in total. The van der Waals surface area contributed by atoms with Gasteiger partial charge in [0, 0.05) is 31.3 Å². The zero-order valence-corrected chi connectivity index (χ0v) is 26.6. The first-order valence-electron chi connectivity index (χ1n) is 15.5. The summed E-state index contributed by atoms with van der Waals surface area (Å²) in [5, 5.41) is 3.93. The summed E-state index contributed by atoms with van der Waals surface area (Å²) in [6.07, 6.45) is 6.61. The molecular formula is C35H41N3O7. The number of hydrogen-bond acceptors (Lipinski definition) is 8. The number of carbonyl (C=O) groups excluding carboxylic acids is 2. The standard InChI is InChI=1S/C35H41N3O7/c1-22-18-28-32(40)27-14-13-25(43-26-12-10-23(36-21-26)11-15-31(39)37-24-8-6-7-9-24)20-29(27)44-33(28)30(19-22)42-17-16-38(5)34(41)45-35(2,3)4/h10,12-14,18-21,24H,6-9,11,15-17H2,1-5H3,(H,37,39). The van der Waals surface area contributed by atoms with E-state index in [0.717, 1.165) is 24.1 Å². The fraction of sp³-hybridized carbons (Fsp3) is 0.429. The summed E-state index contributed by atoms with van der Waals surface area (Å²) in [5.74, 6) is 1.46. The largest absolute Gasteiger partial charge is 0.488 e. The summed E-state index contributed by atoms with van der Waals surface area (Å²) in [6, 6.07) is 12.6. The molecule has 0 radical (unpaired) electrons. The highest BCUT2D eigenvalue weighted by molar-refractivity contribution is 5.93. The molecule has 0 atom stereocenters. The van der Waals surface area contributed by atoms with Gasteiger partial charge in [-0.2, -0.15) is 0 Å². The number of rotatable bonds is 10. The second-order valence-corrected chi connectivity index (χ2v) is 12.6. The molecule has 0 aliphatic heterocycles. The maximum absolute atomic E-state index is 13.4. The first kappa shape index (κ1) is 31.8. The van der Waals surface area contributed by atoms with Gasteiger partial charge in [-0.25, -0.2) is 4.79 Å². The Morgan fingerprint density at radius 2 is 1.80 bits per heavy atom. The normalized spacial score (nSPS) is 13.6. The van der Waals surface area contributed by atoms with Gasteiger partial charge in [0.25, 0.3) is 0 Å². The number of nitrogens with one attached hydrogen (secondary N) is 1. The van der Waals surface area contributed by atoms with E-state index >= 15 is 0 Å². The zero-order chi connectivity index (χ0) is 32.1. The molecule has 2 heterocycles. The lowest BCUT2D eigenvalue weighted by Crippen LogP contribution is -2.36. The molecule has 45 heavy (non-hydrogen) atoms. The molecule has 0 unspecified atom stereocenters. The van der Waals surface area contributed by atoms with Crippen LogP contribution >= 0.6 is 0 Å². The van der Waals surface area contributed by atoms with Gasteiger partial charge in [-0.05, 0) is 88.9 Å². The molecule has 10 heteroatoms. The third-order valence-corrected chi connectivity index (χ3v) is 7.60. The number of fused-ring (bicyclic) bond motifs is 2. The van der Waals surface area contributed by atoms with Gasteiger partial charge in [-0.15, -0.1) is 0 Å². The van der Waals surface area contributed by atoms with E-state index in [1.165, 1.54) is 17.7 Å². The molecule has 1 N–H and O–H groups in total. The first-order valence-corrected chi connectivity index (χ1v) is 15.5. The predicted molar refractivity (Wildman–Crippen MR) is 172 cm³/mol. The Hall–Kier alpha value is -4.60. The number of aromatic nitrogens is 1. The topological polar surface area (TPSA) is 120 Å². The molecule has 0 saturated heterocycles. The van der Waals surface area contributed by atoms with Gasteiger partial charge in [0.05, 0.1) is 23.5 Å². The van der Waals surface area contributed by atoms with E-state index < -0.39 is 11.7 Å². The second-order valence-electron chi connectivity index (χ2n) is 12.6. The Morgan fingerprint density at radius 1 is 1.04 bits per heavy atom. The van der Waals surface area contributed by atoms with Crippen LogP contribution in [-0.4, -0.2) is 53.7 Å². The maximum atomic E-state index is 13.4. The minimum Gasteiger partial charge on any atom is -0.488 e. The maximum Gasteiger partial charge on any atom is 0.410 e. The Kier molecular flexibility index (Phi) is 9.60. The van der Waals surface area contributed by atoms with Gasteiger partial charge in [-0.1, -0.05) is 12.8 Å². The number of likely N-dealkylation sites (N-methyl/N-ethyl adjacent to an activating group) is 1. The van der Waals surface area contributed by atoms with Crippen LogP contribution in [0.3, 0.4) is 0 Å². The van der Waals surface area contributed by atoms with Crippen LogP contribution in [0.4, 0.5) is 4.79 Å². The number of pyridine rings is 1. The molecule has 2 aromatic heterocycles. The van der Waals surface area contributed by atoms with Crippen LogP contribution in [0.5, 0.6) is 17.2 Å². The van der Waals surface area contributed by atoms with Gasteiger partial charge in [0.2, 0.25) is 11.3 Å².